The van der Waals surface area contributed by atoms with Crippen molar-refractivity contribution in [1.82, 2.24) is 21.0 Å². The molecule has 3 N–H and O–H groups in total. The minimum atomic E-state index is -1.35. The number of nitrogens with zero attached hydrogens (tertiary/aromatic N) is 1. The lowest BCUT2D eigenvalue weighted by atomic mass is 9.90. The molecule has 3 atom stereocenters. The molecule has 0 aliphatic carbocycles. The van der Waals surface area contributed by atoms with Gasteiger partial charge in [-0.05, 0) is 72.5 Å². The fraction of sp³-hybridized carbons (Fsp3) is 0.308. The van der Waals surface area contributed by atoms with Gasteiger partial charge in [0.2, 0.25) is 12.3 Å². The van der Waals surface area contributed by atoms with E-state index in [9.17, 15) is 38.4 Å². The molecule has 4 amide bonds. The van der Waals surface area contributed by atoms with E-state index >= 15 is 0 Å². The van der Waals surface area contributed by atoms with Gasteiger partial charge in [0.25, 0.3) is 11.8 Å². The van der Waals surface area contributed by atoms with Crippen molar-refractivity contribution in [2.24, 2.45) is 5.92 Å². The smallest absolute Gasteiger partial charge is 0.363 e. The fourth-order valence-electron chi connectivity index (χ4n) is 7.12. The van der Waals surface area contributed by atoms with Gasteiger partial charge < -0.3 is 48.9 Å². The molecule has 4 aromatic carbocycles. The lowest BCUT2D eigenvalue weighted by Gasteiger charge is -2.31. The molecule has 0 fully saturated rings. The lowest BCUT2D eigenvalue weighted by molar-refractivity contribution is -0.171. The van der Waals surface area contributed by atoms with Gasteiger partial charge in [-0.2, -0.15) is 5.06 Å². The number of ether oxygens (including phenoxy) is 4. The van der Waals surface area contributed by atoms with Crippen molar-refractivity contribution in [2.45, 2.75) is 77.7 Å². The Kier molecular flexibility index (Phi) is 20.7. The van der Waals surface area contributed by atoms with E-state index in [2.05, 4.69) is 16.0 Å². The molecule has 70 heavy (non-hydrogen) atoms. The summed E-state index contributed by atoms with van der Waals surface area (Å²) in [6, 6.07) is 28.9. The van der Waals surface area contributed by atoms with Crippen LogP contribution in [0.1, 0.15) is 94.8 Å². The number of esters is 2. The summed E-state index contributed by atoms with van der Waals surface area (Å²) in [6.45, 7) is 2.70. The van der Waals surface area contributed by atoms with Crippen LogP contribution in [0.4, 0.5) is 0 Å². The van der Waals surface area contributed by atoms with Crippen molar-refractivity contribution < 1.29 is 66.6 Å². The molecule has 5 rings (SSSR count). The second-order valence-corrected chi connectivity index (χ2v) is 15.7. The Balaban J connectivity index is 1.27. The first-order valence-electron chi connectivity index (χ1n) is 22.7. The van der Waals surface area contributed by atoms with Crippen LogP contribution in [0.25, 0.3) is 11.3 Å². The first kappa shape index (κ1) is 52.7. The number of unbranched alkanes of at least 4 members (excludes halogenated alkanes) is 2. The summed E-state index contributed by atoms with van der Waals surface area (Å²) in [5, 5.41) is 8.66. The Morgan fingerprint density at radius 2 is 1.44 bits per heavy atom. The first-order chi connectivity index (χ1) is 34.0. The Morgan fingerprint density at radius 1 is 0.757 bits per heavy atom. The van der Waals surface area contributed by atoms with Crippen molar-refractivity contribution in [3.8, 4) is 22.8 Å². The average molecular weight is 961 g/mol. The number of nitrogens with one attached hydrogen (secondary N) is 3. The zero-order valence-electron chi connectivity index (χ0n) is 39.1. The van der Waals surface area contributed by atoms with E-state index < -0.39 is 60.2 Å². The number of aldehydes is 1. The van der Waals surface area contributed by atoms with Crippen LogP contribution in [0.3, 0.4) is 0 Å². The summed E-state index contributed by atoms with van der Waals surface area (Å²) >= 11 is 0. The van der Waals surface area contributed by atoms with Gasteiger partial charge in [0.05, 0.1) is 36.9 Å². The largest absolute Gasteiger partial charge is 0.497 e. The molecule has 0 saturated heterocycles. The summed E-state index contributed by atoms with van der Waals surface area (Å²) in [6.07, 6.45) is 3.39. The van der Waals surface area contributed by atoms with Gasteiger partial charge in [-0.25, -0.2) is 14.4 Å². The second-order valence-electron chi connectivity index (χ2n) is 15.7. The predicted octanol–water partition coefficient (Wildman–Crippen LogP) is 6.52. The number of carbonyl (C=O) groups is 8. The van der Waals surface area contributed by atoms with Crippen LogP contribution in [0.5, 0.6) is 11.5 Å². The maximum atomic E-state index is 13.7. The molecule has 3 unspecified atom stereocenters. The molecular weight excluding hydrogens is 905 g/mol. The van der Waals surface area contributed by atoms with Crippen LogP contribution in [-0.4, -0.2) is 85.9 Å². The molecule has 0 bridgehead atoms. The number of furan rings is 1. The molecule has 368 valence electrons. The number of hydroxylamine groups is 2. The van der Waals surface area contributed by atoms with Crippen LogP contribution >= 0.6 is 0 Å². The predicted molar refractivity (Wildman–Crippen MR) is 253 cm³/mol. The summed E-state index contributed by atoms with van der Waals surface area (Å²) in [5.74, 6) is -4.81. The Labute approximate surface area is 404 Å². The van der Waals surface area contributed by atoms with Gasteiger partial charge in [-0.15, -0.1) is 0 Å². The third-order valence-electron chi connectivity index (χ3n) is 10.9. The number of hydrogen-bond donors (Lipinski definition) is 3. The maximum absolute atomic E-state index is 13.7. The topological polar surface area (TPSA) is 235 Å². The molecule has 1 aromatic heterocycles. The molecule has 5 aromatic rings. The van der Waals surface area contributed by atoms with E-state index in [4.69, 9.17) is 28.2 Å². The summed E-state index contributed by atoms with van der Waals surface area (Å²) in [5.41, 5.74) is 1.81. The molecule has 0 radical (unpaired) electrons. The SMILES string of the molecule is CCCCCC(C(=O)NCNC(=O)c1ccc(-c2ccc(C(=O)NC(CC=O)C(=O)OCc3ccccc3)c(OCC(=O)OCc3ccccc3)c2)o1)C(CC)N(C=O)OC(=O)c1ccc(OC)cc1. The molecule has 1 heterocycles. The van der Waals surface area contributed by atoms with Crippen LogP contribution in [-0.2, 0) is 51.5 Å². The van der Waals surface area contributed by atoms with Crippen molar-refractivity contribution in [1.29, 1.82) is 0 Å². The van der Waals surface area contributed by atoms with Crippen LogP contribution in [0, 0.1) is 5.92 Å². The number of rotatable bonds is 28. The highest BCUT2D eigenvalue weighted by Crippen LogP contribution is 2.30. The van der Waals surface area contributed by atoms with E-state index in [0.717, 1.165) is 23.5 Å². The average Bonchev–Trinajstić information content (AvgIpc) is 3.89. The van der Waals surface area contributed by atoms with E-state index in [1.165, 1.54) is 49.6 Å². The van der Waals surface area contributed by atoms with Gasteiger partial charge in [-0.1, -0.05) is 99.8 Å². The van der Waals surface area contributed by atoms with Crippen molar-refractivity contribution in [3.63, 3.8) is 0 Å². The van der Waals surface area contributed by atoms with E-state index in [1.54, 1.807) is 73.7 Å². The Hall–Kier alpha value is -8.28. The van der Waals surface area contributed by atoms with Crippen LogP contribution < -0.4 is 25.4 Å². The quantitative estimate of drug-likeness (QED) is 0.0159. The summed E-state index contributed by atoms with van der Waals surface area (Å²) < 4.78 is 27.5. The van der Waals surface area contributed by atoms with Crippen LogP contribution in [0.15, 0.2) is 120 Å². The minimum absolute atomic E-state index is 0.0312. The highest BCUT2D eigenvalue weighted by Gasteiger charge is 2.34. The van der Waals surface area contributed by atoms with Gasteiger partial charge in [-0.3, -0.25) is 19.2 Å². The highest BCUT2D eigenvalue weighted by atomic mass is 16.7. The number of benzene rings is 4. The summed E-state index contributed by atoms with van der Waals surface area (Å²) in [7, 11) is 1.49. The fourth-order valence-corrected chi connectivity index (χ4v) is 7.12. The molecule has 0 spiro atoms. The van der Waals surface area contributed by atoms with Crippen LogP contribution in [0.2, 0.25) is 0 Å². The Bertz CT molecular complexity index is 2530. The van der Waals surface area contributed by atoms with Crippen molar-refractivity contribution in [2.75, 3.05) is 20.4 Å². The summed E-state index contributed by atoms with van der Waals surface area (Å²) in [4.78, 5) is 109. The van der Waals surface area contributed by atoms with E-state index in [1.807, 2.05) is 13.0 Å². The first-order valence-corrected chi connectivity index (χ1v) is 22.7. The number of hydrogen-bond acceptors (Lipinski definition) is 14. The lowest BCUT2D eigenvalue weighted by Crippen LogP contribution is -2.49. The zero-order chi connectivity index (χ0) is 50.3. The molecular formula is C52H56N4O14. The molecule has 0 saturated carbocycles. The standard InChI is InChI=1S/C52H56N4O14/c1-4-6-9-18-40(43(5-2)56(34-58)70-51(63)37-19-22-39(65-3)23-20-37)48(60)53-33-54-50(62)45-26-25-44(69-45)38-21-24-41(46(29-38)66-32-47(59)67-30-35-14-10-7-11-15-35)49(61)55-42(27-28-57)52(64)68-31-36-16-12-8-13-17-36/h7-8,10-17,19-26,28-29,34,40,42-43H,4-6,9,18,27,30-33H2,1-3H3,(H,53,60)(H,54,62)(H,55,61). The van der Waals surface area contributed by atoms with Gasteiger partial charge >= 0.3 is 17.9 Å². The Morgan fingerprint density at radius 3 is 2.07 bits per heavy atom. The maximum Gasteiger partial charge on any atom is 0.363 e. The molecule has 18 nitrogen and oxygen atoms in total. The normalized spacial score (nSPS) is 11.9. The monoisotopic (exact) mass is 960 g/mol. The third-order valence-corrected chi connectivity index (χ3v) is 10.9. The highest BCUT2D eigenvalue weighted by molar-refractivity contribution is 6.00. The zero-order valence-corrected chi connectivity index (χ0v) is 39.1. The number of methoxy groups -OCH3 is 1. The second kappa shape index (κ2) is 27.5. The molecule has 18 heteroatoms. The van der Waals surface area contributed by atoms with E-state index in [0.29, 0.717) is 42.4 Å². The third kappa shape index (κ3) is 15.6. The van der Waals surface area contributed by atoms with Crippen molar-refractivity contribution in [3.05, 3.63) is 143 Å². The van der Waals surface area contributed by atoms with Gasteiger partial charge in [0.15, 0.2) is 12.4 Å². The van der Waals surface area contributed by atoms with Gasteiger partial charge in [0.1, 0.15) is 42.8 Å². The molecule has 0 aliphatic rings. The van der Waals surface area contributed by atoms with Crippen molar-refractivity contribution >= 4 is 48.3 Å². The minimum Gasteiger partial charge on any atom is -0.497 e. The van der Waals surface area contributed by atoms with E-state index in [-0.39, 0.29) is 61.1 Å². The molecule has 0 aliphatic heterocycles. The number of amides is 4. The number of carbonyl (C=O) groups excluding carboxylic acids is 8. The van der Waals surface area contributed by atoms with Gasteiger partial charge in [0, 0.05) is 12.0 Å².